The summed E-state index contributed by atoms with van der Waals surface area (Å²) < 4.78 is 42.9. The van der Waals surface area contributed by atoms with Crippen LogP contribution in [-0.4, -0.2) is 35.4 Å². The molecule has 1 saturated heterocycles. The highest BCUT2D eigenvalue weighted by molar-refractivity contribution is 7.89. The van der Waals surface area contributed by atoms with Crippen molar-refractivity contribution in [2.24, 2.45) is 5.92 Å². The van der Waals surface area contributed by atoms with E-state index in [9.17, 15) is 8.42 Å². The lowest BCUT2D eigenvalue weighted by Crippen LogP contribution is -2.36. The van der Waals surface area contributed by atoms with Crippen molar-refractivity contribution in [3.05, 3.63) is 48.3 Å². The number of nitrogens with zero attached hydrogens (tertiary/aromatic N) is 3. The van der Waals surface area contributed by atoms with E-state index in [1.54, 1.807) is 30.6 Å². The number of sulfonamides is 1. The van der Waals surface area contributed by atoms with E-state index in [1.165, 1.54) is 0 Å². The number of benzene rings is 1. The summed E-state index contributed by atoms with van der Waals surface area (Å²) in [6, 6.07) is 8.37. The third kappa shape index (κ3) is 3.48. The van der Waals surface area contributed by atoms with Gasteiger partial charge in [0.25, 0.3) is 0 Å². The lowest BCUT2D eigenvalue weighted by molar-refractivity contribution is 0.0564. The normalized spacial score (nSPS) is 17.4. The zero-order valence-electron chi connectivity index (χ0n) is 13.9. The lowest BCUT2D eigenvalue weighted by atomic mass is 9.88. The second kappa shape index (κ2) is 7.36. The molecule has 2 aromatic heterocycles. The molecule has 7 nitrogen and oxygen atoms in total. The van der Waals surface area contributed by atoms with Crippen LogP contribution in [0.5, 0.6) is 0 Å². The molecular formula is C17H18N4O3S2. The number of hydrogen-bond donors (Lipinski definition) is 1. The second-order valence-corrected chi connectivity index (χ2v) is 8.43. The van der Waals surface area contributed by atoms with Gasteiger partial charge in [-0.15, -0.1) is 0 Å². The van der Waals surface area contributed by atoms with Gasteiger partial charge in [-0.05, 0) is 42.5 Å². The van der Waals surface area contributed by atoms with Crippen LogP contribution < -0.4 is 4.72 Å². The van der Waals surface area contributed by atoms with Crippen LogP contribution in [-0.2, 0) is 14.8 Å². The van der Waals surface area contributed by atoms with Crippen molar-refractivity contribution in [3.8, 4) is 0 Å². The minimum absolute atomic E-state index is 0.149. The Morgan fingerprint density at radius 1 is 1.15 bits per heavy atom. The molecule has 0 bridgehead atoms. The van der Waals surface area contributed by atoms with Gasteiger partial charge in [-0.25, -0.2) is 13.1 Å². The van der Waals surface area contributed by atoms with E-state index in [0.717, 1.165) is 30.1 Å². The Hall–Kier alpha value is -1.94. The fourth-order valence-corrected chi connectivity index (χ4v) is 5.33. The lowest BCUT2D eigenvalue weighted by Gasteiger charge is -2.31. The molecule has 0 amide bonds. The quantitative estimate of drug-likeness (QED) is 0.719. The first-order valence-electron chi connectivity index (χ1n) is 8.36. The van der Waals surface area contributed by atoms with Gasteiger partial charge in [0.1, 0.15) is 15.9 Å². The molecule has 3 aromatic rings. The second-order valence-electron chi connectivity index (χ2n) is 6.22. The summed E-state index contributed by atoms with van der Waals surface area (Å²) in [4.78, 5) is 4.32. The van der Waals surface area contributed by atoms with E-state index in [1.807, 2.05) is 12.1 Å². The summed E-state index contributed by atoms with van der Waals surface area (Å²) in [6.07, 6.45) is 4.99. The number of pyridine rings is 1. The zero-order valence-corrected chi connectivity index (χ0v) is 15.5. The summed E-state index contributed by atoms with van der Waals surface area (Å²) in [5.74, 6) is 0.149. The fraction of sp³-hybridized carbons (Fsp3) is 0.353. The third-order valence-corrected chi connectivity index (χ3v) is 6.62. The van der Waals surface area contributed by atoms with Gasteiger partial charge in [0.15, 0.2) is 0 Å². The van der Waals surface area contributed by atoms with Crippen LogP contribution in [0.3, 0.4) is 0 Å². The van der Waals surface area contributed by atoms with Gasteiger partial charge in [0.05, 0.1) is 17.8 Å². The minimum atomic E-state index is -3.77. The molecule has 9 heteroatoms. The molecule has 3 heterocycles. The molecule has 1 aliphatic rings. The van der Waals surface area contributed by atoms with Crippen molar-refractivity contribution < 1.29 is 13.2 Å². The summed E-state index contributed by atoms with van der Waals surface area (Å²) in [7, 11) is -3.77. The van der Waals surface area contributed by atoms with Crippen LogP contribution >= 0.6 is 11.7 Å². The maximum atomic E-state index is 13.1. The van der Waals surface area contributed by atoms with Crippen LogP contribution in [0.1, 0.15) is 24.4 Å². The Balaban J connectivity index is 1.71. The van der Waals surface area contributed by atoms with Gasteiger partial charge in [0.2, 0.25) is 10.0 Å². The van der Waals surface area contributed by atoms with E-state index in [-0.39, 0.29) is 16.9 Å². The Kier molecular flexibility index (Phi) is 4.94. The molecule has 1 atom stereocenters. The summed E-state index contributed by atoms with van der Waals surface area (Å²) in [6.45, 7) is 1.27. The van der Waals surface area contributed by atoms with Crippen LogP contribution in [0.4, 0.5) is 0 Å². The molecule has 0 saturated carbocycles. The van der Waals surface area contributed by atoms with Crippen LogP contribution in [0.15, 0.2) is 47.6 Å². The van der Waals surface area contributed by atoms with Gasteiger partial charge in [-0.3, -0.25) is 4.98 Å². The number of nitrogens with one attached hydrogen (secondary N) is 1. The summed E-state index contributed by atoms with van der Waals surface area (Å²) in [5, 5.41) is 0. The predicted octanol–water partition coefficient (Wildman–Crippen LogP) is 2.53. The van der Waals surface area contributed by atoms with Gasteiger partial charge in [-0.1, -0.05) is 12.1 Å². The third-order valence-electron chi connectivity index (χ3n) is 4.60. The highest BCUT2D eigenvalue weighted by Gasteiger charge is 2.31. The van der Waals surface area contributed by atoms with Crippen LogP contribution in [0.25, 0.3) is 11.0 Å². The molecule has 26 heavy (non-hydrogen) atoms. The van der Waals surface area contributed by atoms with E-state index >= 15 is 0 Å². The highest BCUT2D eigenvalue weighted by atomic mass is 32.2. The van der Waals surface area contributed by atoms with E-state index < -0.39 is 10.0 Å². The number of aromatic nitrogens is 3. The molecule has 4 rings (SSSR count). The van der Waals surface area contributed by atoms with Crippen LogP contribution in [0, 0.1) is 5.92 Å². The van der Waals surface area contributed by atoms with Crippen molar-refractivity contribution in [3.63, 3.8) is 0 Å². The number of fused-ring (bicyclic) bond motifs is 1. The van der Waals surface area contributed by atoms with E-state index in [2.05, 4.69) is 18.5 Å². The molecule has 0 spiro atoms. The summed E-state index contributed by atoms with van der Waals surface area (Å²) >= 11 is 1.01. The van der Waals surface area contributed by atoms with E-state index in [0.29, 0.717) is 24.2 Å². The smallest absolute Gasteiger partial charge is 0.243 e. The number of hydrogen-bond acceptors (Lipinski definition) is 7. The number of rotatable bonds is 5. The van der Waals surface area contributed by atoms with Crippen molar-refractivity contribution in [2.45, 2.75) is 23.8 Å². The first kappa shape index (κ1) is 17.5. The van der Waals surface area contributed by atoms with E-state index in [4.69, 9.17) is 4.74 Å². The topological polar surface area (TPSA) is 94.1 Å². The SMILES string of the molecule is O=S(=O)(N[C@H](c1cccnc1)C1CCOCC1)c1cccc2nsnc12. The molecule has 1 N–H and O–H groups in total. The van der Waals surface area contributed by atoms with Gasteiger partial charge in [-0.2, -0.15) is 8.75 Å². The van der Waals surface area contributed by atoms with Crippen molar-refractivity contribution in [1.82, 2.24) is 18.5 Å². The largest absolute Gasteiger partial charge is 0.381 e. The maximum Gasteiger partial charge on any atom is 0.243 e. The van der Waals surface area contributed by atoms with Gasteiger partial charge in [0, 0.05) is 25.6 Å². The number of ether oxygens (including phenoxy) is 1. The Labute approximate surface area is 155 Å². The molecule has 136 valence electrons. The molecule has 1 aromatic carbocycles. The first-order chi connectivity index (χ1) is 12.6. The zero-order chi connectivity index (χ0) is 18.0. The standard InChI is InChI=1S/C17H18N4O3S2/c22-26(23,15-5-1-4-14-17(15)20-25-19-14)21-16(12-6-9-24-10-7-12)13-3-2-8-18-11-13/h1-5,8,11-12,16,21H,6-7,9-10H2/t16-/m0/s1. The van der Waals surface area contributed by atoms with Crippen molar-refractivity contribution in [1.29, 1.82) is 0 Å². The molecule has 1 aliphatic heterocycles. The molecule has 0 radical (unpaired) electrons. The fourth-order valence-electron chi connectivity index (χ4n) is 3.27. The molecular weight excluding hydrogens is 372 g/mol. The molecule has 1 fully saturated rings. The molecule has 0 aliphatic carbocycles. The Morgan fingerprint density at radius 2 is 2.00 bits per heavy atom. The molecule has 0 unspecified atom stereocenters. The monoisotopic (exact) mass is 390 g/mol. The first-order valence-corrected chi connectivity index (χ1v) is 10.6. The maximum absolute atomic E-state index is 13.1. The van der Waals surface area contributed by atoms with Gasteiger partial charge < -0.3 is 4.74 Å². The van der Waals surface area contributed by atoms with Crippen molar-refractivity contribution in [2.75, 3.05) is 13.2 Å². The minimum Gasteiger partial charge on any atom is -0.381 e. The Bertz CT molecular complexity index is 985. The average molecular weight is 390 g/mol. The Morgan fingerprint density at radius 3 is 2.77 bits per heavy atom. The van der Waals surface area contributed by atoms with Gasteiger partial charge >= 0.3 is 0 Å². The predicted molar refractivity (Wildman–Crippen MR) is 98.3 cm³/mol. The summed E-state index contributed by atoms with van der Waals surface area (Å²) in [5.41, 5.74) is 1.84. The van der Waals surface area contributed by atoms with Crippen LogP contribution in [0.2, 0.25) is 0 Å². The average Bonchev–Trinajstić information content (AvgIpc) is 3.16. The van der Waals surface area contributed by atoms with Crippen molar-refractivity contribution >= 4 is 32.8 Å². The highest BCUT2D eigenvalue weighted by Crippen LogP contribution is 2.32.